The fourth-order valence-corrected chi connectivity index (χ4v) is 4.55. The molecule has 0 saturated carbocycles. The van der Waals surface area contributed by atoms with Gasteiger partial charge < -0.3 is 9.80 Å². The lowest BCUT2D eigenvalue weighted by molar-refractivity contribution is -0.137. The quantitative estimate of drug-likeness (QED) is 0.460. The highest BCUT2D eigenvalue weighted by Crippen LogP contribution is 2.42. The Morgan fingerprint density at radius 2 is 1.57 bits per heavy atom. The van der Waals surface area contributed by atoms with Gasteiger partial charge in [0.1, 0.15) is 10.6 Å². The molecule has 3 heterocycles. The molecule has 14 heteroatoms. The Morgan fingerprint density at radius 1 is 0.919 bits per heavy atom. The van der Waals surface area contributed by atoms with Crippen molar-refractivity contribution in [3.05, 3.63) is 58.6 Å². The van der Waals surface area contributed by atoms with Crippen LogP contribution in [0.1, 0.15) is 27.7 Å². The molecule has 4 rings (SSSR count). The van der Waals surface area contributed by atoms with Crippen LogP contribution in [-0.4, -0.2) is 52.9 Å². The fourth-order valence-electron chi connectivity index (χ4n) is 3.71. The highest BCUT2D eigenvalue weighted by Gasteiger charge is 2.38. The third-order valence-electron chi connectivity index (χ3n) is 5.66. The lowest BCUT2D eigenvalue weighted by Crippen LogP contribution is -2.48. The van der Waals surface area contributed by atoms with E-state index in [1.165, 1.54) is 19.2 Å². The van der Waals surface area contributed by atoms with Crippen molar-refractivity contribution in [3.8, 4) is 11.4 Å². The van der Waals surface area contributed by atoms with Crippen LogP contribution in [0.2, 0.25) is 0 Å². The molecule has 196 valence electrons. The Morgan fingerprint density at radius 3 is 2.08 bits per heavy atom. The number of carbonyl (C=O) groups excluding carboxylic acids is 2. The van der Waals surface area contributed by atoms with E-state index in [1.807, 2.05) is 4.90 Å². The predicted octanol–water partition coefficient (Wildman–Crippen LogP) is 5.16. The van der Waals surface area contributed by atoms with Crippen molar-refractivity contribution < 1.29 is 35.9 Å². The first kappa shape index (κ1) is 26.4. The number of hydrogen-bond acceptors (Lipinski definition) is 6. The molecule has 0 aliphatic carbocycles. The van der Waals surface area contributed by atoms with E-state index in [0.717, 1.165) is 12.1 Å². The minimum Gasteiger partial charge on any atom is -0.367 e. The lowest BCUT2D eigenvalue weighted by Gasteiger charge is -2.35. The average Bonchev–Trinajstić information content (AvgIpc) is 3.28. The highest BCUT2D eigenvalue weighted by atomic mass is 32.1. The summed E-state index contributed by atoms with van der Waals surface area (Å²) in [6, 6.07) is 6.25. The number of halogens is 6. The van der Waals surface area contributed by atoms with E-state index < -0.39 is 34.4 Å². The van der Waals surface area contributed by atoms with Crippen LogP contribution in [-0.2, 0) is 17.1 Å². The van der Waals surface area contributed by atoms with Crippen molar-refractivity contribution in [3.63, 3.8) is 0 Å². The molecule has 1 fully saturated rings. The molecule has 1 N–H and O–H groups in total. The Bertz CT molecular complexity index is 1280. The molecular weight excluding hydrogens is 524 g/mol. The summed E-state index contributed by atoms with van der Waals surface area (Å²) in [6.45, 7) is 3.61. The van der Waals surface area contributed by atoms with Crippen molar-refractivity contribution in [2.75, 3.05) is 36.4 Å². The number of rotatable bonds is 4. The average molecular weight is 543 g/mol. The fraction of sp³-hybridized carbons (Fsp3) is 0.304. The number of alkyl halides is 6. The molecular formula is C23H19F6N5O2S. The molecule has 37 heavy (non-hydrogen) atoms. The first-order chi connectivity index (χ1) is 17.3. The Balaban J connectivity index is 1.53. The van der Waals surface area contributed by atoms with Crippen molar-refractivity contribution in [1.29, 1.82) is 0 Å². The topological polar surface area (TPSA) is 78.4 Å². The normalized spacial score (nSPS) is 14.6. The monoisotopic (exact) mass is 543 g/mol. The molecule has 0 bridgehead atoms. The van der Waals surface area contributed by atoms with Gasteiger partial charge in [-0.2, -0.15) is 26.3 Å². The number of benzene rings is 1. The summed E-state index contributed by atoms with van der Waals surface area (Å²) in [7, 11) is 0. The van der Waals surface area contributed by atoms with Crippen LogP contribution < -0.4 is 10.2 Å². The second-order valence-corrected chi connectivity index (χ2v) is 9.12. The first-order valence-corrected chi connectivity index (χ1v) is 11.7. The van der Waals surface area contributed by atoms with Crippen LogP contribution in [0.4, 0.5) is 37.2 Å². The Hall–Kier alpha value is -3.68. The van der Waals surface area contributed by atoms with Crippen LogP contribution in [0.25, 0.3) is 11.4 Å². The second-order valence-electron chi connectivity index (χ2n) is 8.12. The van der Waals surface area contributed by atoms with E-state index >= 15 is 0 Å². The zero-order chi connectivity index (χ0) is 27.0. The van der Waals surface area contributed by atoms with Crippen LogP contribution in [0.15, 0.2) is 42.6 Å². The van der Waals surface area contributed by atoms with Gasteiger partial charge in [-0.3, -0.25) is 19.9 Å². The van der Waals surface area contributed by atoms with Gasteiger partial charge in [-0.05, 0) is 36.4 Å². The highest BCUT2D eigenvalue weighted by molar-refractivity contribution is 7.16. The van der Waals surface area contributed by atoms with E-state index in [0.29, 0.717) is 44.0 Å². The van der Waals surface area contributed by atoms with Crippen LogP contribution >= 0.6 is 11.3 Å². The maximum atomic E-state index is 13.7. The van der Waals surface area contributed by atoms with Crippen LogP contribution in [0, 0.1) is 0 Å². The summed E-state index contributed by atoms with van der Waals surface area (Å²) in [5.41, 5.74) is -1.01. The molecule has 0 unspecified atom stereocenters. The summed E-state index contributed by atoms with van der Waals surface area (Å²) in [6.07, 6.45) is -7.96. The standard InChI is InChI=1S/C23H19F6N5O2S/c1-13(35)33-8-10-34(11-9-33)16-6-7-17(30-12-16)18-19(23(27,28)29)37-21(31-18)32-20(36)14-2-4-15(5-3-14)22(24,25)26/h2-7,12H,8-11H2,1H3,(H,31,32,36). The number of pyridine rings is 1. The molecule has 3 aromatic rings. The van der Waals surface area contributed by atoms with E-state index in [1.54, 1.807) is 11.0 Å². The number of anilines is 2. The van der Waals surface area contributed by atoms with Gasteiger partial charge in [0.2, 0.25) is 5.91 Å². The van der Waals surface area contributed by atoms with Gasteiger partial charge in [0.05, 0.1) is 23.1 Å². The van der Waals surface area contributed by atoms with Gasteiger partial charge in [0.25, 0.3) is 5.91 Å². The summed E-state index contributed by atoms with van der Waals surface area (Å²) in [5.74, 6) is -0.937. The number of amides is 2. The number of carbonyl (C=O) groups is 2. The minimum absolute atomic E-state index is 0.0300. The molecule has 2 amide bonds. The van der Waals surface area contributed by atoms with Crippen molar-refractivity contribution in [2.45, 2.75) is 19.3 Å². The zero-order valence-corrected chi connectivity index (χ0v) is 20.0. The molecule has 0 spiro atoms. The molecule has 1 aliphatic rings. The smallest absolute Gasteiger partial charge is 0.367 e. The summed E-state index contributed by atoms with van der Waals surface area (Å²) in [5, 5.41) is 1.84. The van der Waals surface area contributed by atoms with Gasteiger partial charge in [-0.25, -0.2) is 4.98 Å². The van der Waals surface area contributed by atoms with E-state index in [4.69, 9.17) is 0 Å². The predicted molar refractivity (Wildman–Crippen MR) is 124 cm³/mol. The van der Waals surface area contributed by atoms with E-state index in [-0.39, 0.29) is 33.6 Å². The van der Waals surface area contributed by atoms with Crippen molar-refractivity contribution in [1.82, 2.24) is 14.9 Å². The number of nitrogens with zero attached hydrogens (tertiary/aromatic N) is 4. The number of thiazole rings is 1. The molecule has 1 saturated heterocycles. The molecule has 1 aliphatic heterocycles. The molecule has 1 aromatic carbocycles. The summed E-state index contributed by atoms with van der Waals surface area (Å²) in [4.78, 5) is 34.5. The zero-order valence-electron chi connectivity index (χ0n) is 19.2. The maximum absolute atomic E-state index is 13.7. The van der Waals surface area contributed by atoms with Gasteiger partial charge in [-0.1, -0.05) is 11.3 Å². The van der Waals surface area contributed by atoms with E-state index in [2.05, 4.69) is 15.3 Å². The largest absolute Gasteiger partial charge is 0.427 e. The van der Waals surface area contributed by atoms with Gasteiger partial charge in [0, 0.05) is 38.7 Å². The second kappa shape index (κ2) is 10.00. The summed E-state index contributed by atoms with van der Waals surface area (Å²) >= 11 is 0.191. The molecule has 0 atom stereocenters. The first-order valence-electron chi connectivity index (χ1n) is 10.9. The van der Waals surface area contributed by atoms with Gasteiger partial charge >= 0.3 is 12.4 Å². The van der Waals surface area contributed by atoms with Crippen LogP contribution in [0.3, 0.4) is 0 Å². The minimum atomic E-state index is -4.78. The lowest BCUT2D eigenvalue weighted by atomic mass is 10.1. The van der Waals surface area contributed by atoms with Crippen LogP contribution in [0.5, 0.6) is 0 Å². The third kappa shape index (κ3) is 6.01. The van der Waals surface area contributed by atoms with Crippen molar-refractivity contribution in [2.24, 2.45) is 0 Å². The van der Waals surface area contributed by atoms with Crippen molar-refractivity contribution >= 4 is 34.0 Å². The SMILES string of the molecule is CC(=O)N1CCN(c2ccc(-c3nc(NC(=O)c4ccc(C(F)(F)F)cc4)sc3C(F)(F)F)nc2)CC1. The Kier molecular flexibility index (Phi) is 7.13. The number of piperazine rings is 1. The maximum Gasteiger partial charge on any atom is 0.427 e. The number of aromatic nitrogens is 2. The Labute approximate surface area is 210 Å². The molecule has 0 radical (unpaired) electrons. The molecule has 2 aromatic heterocycles. The van der Waals surface area contributed by atoms with Gasteiger partial charge in [0.15, 0.2) is 5.13 Å². The van der Waals surface area contributed by atoms with E-state index in [9.17, 15) is 35.9 Å². The number of hydrogen-bond donors (Lipinski definition) is 1. The number of nitrogens with one attached hydrogen (secondary N) is 1. The van der Waals surface area contributed by atoms with Gasteiger partial charge in [-0.15, -0.1) is 0 Å². The summed E-state index contributed by atoms with van der Waals surface area (Å²) < 4.78 is 79.3. The molecule has 7 nitrogen and oxygen atoms in total. The third-order valence-corrected chi connectivity index (χ3v) is 6.68.